The summed E-state index contributed by atoms with van der Waals surface area (Å²) in [6.45, 7) is 0.109. The molecular formula is C10H16N4Na2O6. The van der Waals surface area contributed by atoms with E-state index in [9.17, 15) is 24.6 Å². The van der Waals surface area contributed by atoms with Crippen molar-refractivity contribution < 1.29 is 88.8 Å². The number of nitrogens with two attached hydrogens (primary N) is 2. The topological polar surface area (TPSA) is 194 Å². The maximum Gasteiger partial charge on any atom is 1.00 e. The van der Waals surface area contributed by atoms with Gasteiger partial charge in [-0.2, -0.15) is 0 Å². The van der Waals surface area contributed by atoms with Crippen molar-refractivity contribution in [1.82, 2.24) is 5.32 Å². The van der Waals surface area contributed by atoms with Crippen molar-refractivity contribution in [3.05, 3.63) is 0 Å². The van der Waals surface area contributed by atoms with Gasteiger partial charge in [0.05, 0.1) is 5.97 Å². The summed E-state index contributed by atoms with van der Waals surface area (Å²) in [6, 6.07) is -2.56. The van der Waals surface area contributed by atoms with Gasteiger partial charge in [0.15, 0.2) is 5.96 Å². The number of aliphatic imine (C=N–C) groups is 1. The van der Waals surface area contributed by atoms with E-state index in [2.05, 4.69) is 10.3 Å². The molecule has 0 radical (unpaired) electrons. The molecule has 6 N–H and O–H groups in total. The number of hydrogen-bond donors (Lipinski definition) is 4. The fourth-order valence-electron chi connectivity index (χ4n) is 1.22. The third-order valence-corrected chi connectivity index (χ3v) is 2.25. The fraction of sp³-hybridized carbons (Fsp3) is 0.600. The van der Waals surface area contributed by atoms with E-state index in [0.29, 0.717) is 6.42 Å². The summed E-state index contributed by atoms with van der Waals surface area (Å²) in [4.78, 5) is 35.1. The first-order valence-corrected chi connectivity index (χ1v) is 5.69. The van der Waals surface area contributed by atoms with Crippen LogP contribution in [0.2, 0.25) is 0 Å². The molecule has 0 unspecified atom stereocenters. The number of nitrogens with one attached hydrogen (secondary N) is 1. The Morgan fingerprint density at radius 2 is 1.77 bits per heavy atom. The minimum Gasteiger partial charge on any atom is -0.550 e. The zero-order valence-corrected chi connectivity index (χ0v) is 16.6. The molecule has 0 heterocycles. The van der Waals surface area contributed by atoms with E-state index in [1.165, 1.54) is 0 Å². The van der Waals surface area contributed by atoms with Crippen LogP contribution in [-0.4, -0.2) is 47.6 Å². The second-order valence-electron chi connectivity index (χ2n) is 3.95. The normalized spacial score (nSPS) is 13.0. The summed E-state index contributed by atoms with van der Waals surface area (Å²) in [5.41, 5.74) is 10.6. The van der Waals surface area contributed by atoms with Crippen LogP contribution < -0.4 is 86.1 Å². The Kier molecular flexibility index (Phi) is 17.2. The van der Waals surface area contributed by atoms with Crippen LogP contribution in [0.1, 0.15) is 19.3 Å². The van der Waals surface area contributed by atoms with Crippen molar-refractivity contribution in [3.63, 3.8) is 0 Å². The number of aliphatic carboxylic acids is 3. The average molecular weight is 334 g/mol. The van der Waals surface area contributed by atoms with Gasteiger partial charge in [0.1, 0.15) is 6.04 Å². The van der Waals surface area contributed by atoms with Gasteiger partial charge >= 0.3 is 65.1 Å². The zero-order chi connectivity index (χ0) is 15.7. The Morgan fingerprint density at radius 1 is 1.23 bits per heavy atom. The summed E-state index contributed by atoms with van der Waals surface area (Å²) in [5.74, 6) is -4.59. The van der Waals surface area contributed by atoms with Crippen molar-refractivity contribution in [1.29, 1.82) is 0 Å². The molecule has 0 spiro atoms. The number of carbonyl (C=O) groups is 3. The Morgan fingerprint density at radius 3 is 2.18 bits per heavy atom. The van der Waals surface area contributed by atoms with Gasteiger partial charge in [-0.3, -0.25) is 4.99 Å². The van der Waals surface area contributed by atoms with E-state index in [4.69, 9.17) is 16.6 Å². The number of guanidine groups is 1. The summed E-state index contributed by atoms with van der Waals surface area (Å²) < 4.78 is 0. The smallest absolute Gasteiger partial charge is 0.550 e. The van der Waals surface area contributed by atoms with Crippen LogP contribution in [-0.2, 0) is 14.4 Å². The van der Waals surface area contributed by atoms with Gasteiger partial charge in [0.25, 0.3) is 0 Å². The van der Waals surface area contributed by atoms with Gasteiger partial charge in [-0.15, -0.1) is 0 Å². The van der Waals surface area contributed by atoms with E-state index in [-0.39, 0.29) is 78.0 Å². The molecule has 0 bridgehead atoms. The SMILES string of the molecule is NC(=NCCC[C@H](N)C(=O)[O-])N[C@@H](CC(=O)[O-])C(=O)O.[Na+].[Na+]. The molecule has 0 aliphatic heterocycles. The standard InChI is InChI=1S/C10H18N4O6.2Na/c11-5(8(17)18)2-1-3-13-10(12)14-6(9(19)20)4-7(15)16;;/h5-6H,1-4,11H2,(H,15,16)(H,17,18)(H,19,20)(H3,12,13,14);;/q;2*+1/p-2/t5-,6-;;/m0../s1. The van der Waals surface area contributed by atoms with E-state index in [1.807, 2.05) is 0 Å². The largest absolute Gasteiger partial charge is 1.00 e. The maximum atomic E-state index is 10.7. The molecule has 12 heteroatoms. The van der Waals surface area contributed by atoms with Gasteiger partial charge in [-0.25, -0.2) is 4.79 Å². The molecule has 114 valence electrons. The summed E-state index contributed by atoms with van der Waals surface area (Å²) in [7, 11) is 0. The molecule has 0 aromatic heterocycles. The summed E-state index contributed by atoms with van der Waals surface area (Å²) >= 11 is 0. The maximum absolute atomic E-state index is 10.7. The third-order valence-electron chi connectivity index (χ3n) is 2.25. The van der Waals surface area contributed by atoms with Crippen LogP contribution in [0, 0.1) is 0 Å². The second kappa shape index (κ2) is 14.2. The van der Waals surface area contributed by atoms with E-state index < -0.39 is 36.4 Å². The average Bonchev–Trinajstić information content (AvgIpc) is 2.32. The molecule has 0 amide bonds. The number of nitrogens with zero attached hydrogens (tertiary/aromatic N) is 1. The molecule has 2 atom stereocenters. The molecule has 0 saturated carbocycles. The minimum absolute atomic E-state index is 0. The van der Waals surface area contributed by atoms with Gasteiger partial charge in [0, 0.05) is 25.0 Å². The number of carboxylic acid groups (broad SMARTS) is 3. The first-order valence-electron chi connectivity index (χ1n) is 5.69. The van der Waals surface area contributed by atoms with E-state index in [0.717, 1.165) is 0 Å². The van der Waals surface area contributed by atoms with Gasteiger partial charge in [-0.1, -0.05) is 0 Å². The number of rotatable bonds is 9. The van der Waals surface area contributed by atoms with Gasteiger partial charge in [-0.05, 0) is 12.8 Å². The first kappa shape index (κ1) is 26.5. The van der Waals surface area contributed by atoms with Crippen molar-refractivity contribution >= 4 is 23.9 Å². The van der Waals surface area contributed by atoms with Gasteiger partial charge < -0.3 is 41.7 Å². The molecule has 0 aromatic carbocycles. The predicted molar refractivity (Wildman–Crippen MR) is 62.9 cm³/mol. The van der Waals surface area contributed by atoms with Crippen molar-refractivity contribution in [2.24, 2.45) is 16.5 Å². The summed E-state index contributed by atoms with van der Waals surface area (Å²) in [5, 5.41) is 31.6. The van der Waals surface area contributed by atoms with Crippen molar-refractivity contribution in [3.8, 4) is 0 Å². The molecule has 0 aliphatic carbocycles. The Labute approximate surface area is 171 Å². The Balaban J connectivity index is -0.00000180. The third kappa shape index (κ3) is 13.3. The molecule has 0 saturated heterocycles. The number of carbonyl (C=O) groups excluding carboxylic acids is 2. The monoisotopic (exact) mass is 334 g/mol. The van der Waals surface area contributed by atoms with E-state index in [1.54, 1.807) is 0 Å². The van der Waals surface area contributed by atoms with Crippen LogP contribution in [0.25, 0.3) is 0 Å². The first-order chi connectivity index (χ1) is 9.23. The van der Waals surface area contributed by atoms with Crippen LogP contribution in [0.15, 0.2) is 4.99 Å². The van der Waals surface area contributed by atoms with Crippen LogP contribution in [0.4, 0.5) is 0 Å². The van der Waals surface area contributed by atoms with Crippen LogP contribution >= 0.6 is 0 Å². The van der Waals surface area contributed by atoms with Crippen molar-refractivity contribution in [2.75, 3.05) is 6.54 Å². The van der Waals surface area contributed by atoms with Crippen molar-refractivity contribution in [2.45, 2.75) is 31.3 Å². The molecule has 0 rings (SSSR count). The minimum atomic E-state index is -1.54. The summed E-state index contributed by atoms with van der Waals surface area (Å²) in [6.07, 6.45) is -0.336. The molecule has 10 nitrogen and oxygen atoms in total. The van der Waals surface area contributed by atoms with E-state index >= 15 is 0 Å². The molecule has 22 heavy (non-hydrogen) atoms. The molecule has 0 aromatic rings. The van der Waals surface area contributed by atoms with Crippen LogP contribution in [0.3, 0.4) is 0 Å². The Bertz CT molecular complexity index is 407. The number of carboxylic acids is 3. The quantitative estimate of drug-likeness (QED) is 0.137. The Hall–Kier alpha value is -0.360. The van der Waals surface area contributed by atoms with Gasteiger partial charge in [0.2, 0.25) is 0 Å². The second-order valence-corrected chi connectivity index (χ2v) is 3.95. The molecular weight excluding hydrogens is 318 g/mol. The molecule has 0 aliphatic rings. The number of hydrogen-bond acceptors (Lipinski definition) is 7. The van der Waals surface area contributed by atoms with Crippen LogP contribution in [0.5, 0.6) is 0 Å². The molecule has 0 fully saturated rings. The zero-order valence-electron chi connectivity index (χ0n) is 12.6. The predicted octanol–water partition coefficient (Wildman–Crippen LogP) is -10.7. The fourth-order valence-corrected chi connectivity index (χ4v) is 1.22.